The van der Waals surface area contributed by atoms with Crippen LogP contribution < -0.4 is 5.32 Å². The predicted molar refractivity (Wildman–Crippen MR) is 69.4 cm³/mol. The Kier molecular flexibility index (Phi) is 8.26. The molecule has 0 rings (SSSR count). The molecular formula is C13H28N2O. The van der Waals surface area contributed by atoms with E-state index in [0.717, 1.165) is 26.1 Å². The van der Waals surface area contributed by atoms with Crippen molar-refractivity contribution in [2.24, 2.45) is 11.8 Å². The molecule has 0 atom stereocenters. The summed E-state index contributed by atoms with van der Waals surface area (Å²) in [7, 11) is 0. The summed E-state index contributed by atoms with van der Waals surface area (Å²) in [5.74, 6) is 1.37. The number of amides is 1. The van der Waals surface area contributed by atoms with Gasteiger partial charge in [0.2, 0.25) is 5.91 Å². The molecule has 16 heavy (non-hydrogen) atoms. The van der Waals surface area contributed by atoms with Gasteiger partial charge in [-0.05, 0) is 18.3 Å². The third-order valence-electron chi connectivity index (χ3n) is 2.19. The zero-order chi connectivity index (χ0) is 12.6. The lowest BCUT2D eigenvalue weighted by atomic mass is 10.1. The highest BCUT2D eigenvalue weighted by molar-refractivity contribution is 5.77. The van der Waals surface area contributed by atoms with Crippen molar-refractivity contribution in [2.45, 2.75) is 41.0 Å². The second kappa shape index (κ2) is 8.57. The summed E-state index contributed by atoms with van der Waals surface area (Å²) in [5, 5.41) is 2.93. The minimum atomic E-state index is 0.156. The molecule has 0 aliphatic rings. The van der Waals surface area contributed by atoms with Crippen molar-refractivity contribution >= 4 is 5.91 Å². The van der Waals surface area contributed by atoms with Crippen LogP contribution in [0.15, 0.2) is 0 Å². The molecule has 3 heteroatoms. The highest BCUT2D eigenvalue weighted by Gasteiger charge is 2.12. The SMILES string of the molecule is CCCNC(=O)CN(CC(C)C)CC(C)C. The first-order chi connectivity index (χ1) is 7.45. The summed E-state index contributed by atoms with van der Waals surface area (Å²) in [5.41, 5.74) is 0. The normalized spacial score (nSPS) is 11.5. The molecule has 0 heterocycles. The largest absolute Gasteiger partial charge is 0.355 e. The second-order valence-electron chi connectivity index (χ2n) is 5.33. The Bertz CT molecular complexity index is 180. The third kappa shape index (κ3) is 8.72. The van der Waals surface area contributed by atoms with Gasteiger partial charge in [-0.2, -0.15) is 0 Å². The van der Waals surface area contributed by atoms with Crippen LogP contribution in [-0.4, -0.2) is 37.0 Å². The van der Waals surface area contributed by atoms with E-state index in [-0.39, 0.29) is 5.91 Å². The van der Waals surface area contributed by atoms with Gasteiger partial charge in [-0.25, -0.2) is 0 Å². The maximum absolute atomic E-state index is 11.6. The molecule has 0 saturated heterocycles. The van der Waals surface area contributed by atoms with Gasteiger partial charge in [0.15, 0.2) is 0 Å². The Morgan fingerprint density at radius 1 is 1.12 bits per heavy atom. The van der Waals surface area contributed by atoms with Crippen molar-refractivity contribution in [1.82, 2.24) is 10.2 Å². The van der Waals surface area contributed by atoms with Crippen LogP contribution in [0, 0.1) is 11.8 Å². The summed E-state index contributed by atoms with van der Waals surface area (Å²) in [6.07, 6.45) is 1.00. The van der Waals surface area contributed by atoms with Gasteiger partial charge in [-0.1, -0.05) is 34.6 Å². The van der Waals surface area contributed by atoms with Gasteiger partial charge in [0.25, 0.3) is 0 Å². The van der Waals surface area contributed by atoms with Crippen LogP contribution in [0.1, 0.15) is 41.0 Å². The van der Waals surface area contributed by atoms with Crippen LogP contribution in [0.2, 0.25) is 0 Å². The van der Waals surface area contributed by atoms with E-state index in [9.17, 15) is 4.79 Å². The Balaban J connectivity index is 4.03. The quantitative estimate of drug-likeness (QED) is 0.690. The van der Waals surface area contributed by atoms with Crippen molar-refractivity contribution in [3.8, 4) is 0 Å². The standard InChI is InChI=1S/C13H28N2O/c1-6-7-14-13(16)10-15(8-11(2)3)9-12(4)5/h11-12H,6-10H2,1-5H3,(H,14,16). The van der Waals surface area contributed by atoms with E-state index in [4.69, 9.17) is 0 Å². The molecule has 0 aromatic rings. The molecule has 0 aliphatic carbocycles. The summed E-state index contributed by atoms with van der Waals surface area (Å²) in [6.45, 7) is 14.2. The smallest absolute Gasteiger partial charge is 0.234 e. The first-order valence-corrected chi connectivity index (χ1v) is 6.44. The molecule has 0 radical (unpaired) electrons. The Morgan fingerprint density at radius 3 is 2.00 bits per heavy atom. The number of nitrogens with zero attached hydrogens (tertiary/aromatic N) is 1. The molecule has 0 saturated carbocycles. The van der Waals surface area contributed by atoms with Crippen LogP contribution in [-0.2, 0) is 4.79 Å². The topological polar surface area (TPSA) is 32.3 Å². The summed E-state index contributed by atoms with van der Waals surface area (Å²) in [4.78, 5) is 13.9. The fourth-order valence-corrected chi connectivity index (χ4v) is 1.76. The van der Waals surface area contributed by atoms with Gasteiger partial charge in [-0.3, -0.25) is 9.69 Å². The Hall–Kier alpha value is -0.570. The van der Waals surface area contributed by atoms with Gasteiger partial charge in [0.05, 0.1) is 6.54 Å². The average molecular weight is 228 g/mol. The number of carbonyl (C=O) groups excluding carboxylic acids is 1. The zero-order valence-electron chi connectivity index (χ0n) is 11.5. The summed E-state index contributed by atoms with van der Waals surface area (Å²) in [6, 6.07) is 0. The van der Waals surface area contributed by atoms with Gasteiger partial charge in [-0.15, -0.1) is 0 Å². The lowest BCUT2D eigenvalue weighted by molar-refractivity contribution is -0.122. The molecule has 0 aromatic heterocycles. The van der Waals surface area contributed by atoms with Gasteiger partial charge in [0.1, 0.15) is 0 Å². The van der Waals surface area contributed by atoms with E-state index in [1.54, 1.807) is 0 Å². The number of nitrogens with one attached hydrogen (secondary N) is 1. The highest BCUT2D eigenvalue weighted by atomic mass is 16.2. The Labute approximate surface area is 101 Å². The molecule has 0 spiro atoms. The van der Waals surface area contributed by atoms with Crippen molar-refractivity contribution < 1.29 is 4.79 Å². The minimum absolute atomic E-state index is 0.156. The van der Waals surface area contributed by atoms with Crippen LogP contribution in [0.25, 0.3) is 0 Å². The van der Waals surface area contributed by atoms with Crippen LogP contribution >= 0.6 is 0 Å². The van der Waals surface area contributed by atoms with E-state index in [0.29, 0.717) is 18.4 Å². The first-order valence-electron chi connectivity index (χ1n) is 6.44. The van der Waals surface area contributed by atoms with Crippen molar-refractivity contribution in [1.29, 1.82) is 0 Å². The zero-order valence-corrected chi connectivity index (χ0v) is 11.5. The van der Waals surface area contributed by atoms with Crippen molar-refractivity contribution in [3.63, 3.8) is 0 Å². The number of hydrogen-bond acceptors (Lipinski definition) is 2. The lowest BCUT2D eigenvalue weighted by Gasteiger charge is -2.25. The van der Waals surface area contributed by atoms with E-state index >= 15 is 0 Å². The molecule has 3 nitrogen and oxygen atoms in total. The molecule has 0 fully saturated rings. The van der Waals surface area contributed by atoms with Crippen LogP contribution in [0.4, 0.5) is 0 Å². The van der Waals surface area contributed by atoms with E-state index < -0.39 is 0 Å². The first kappa shape index (κ1) is 15.4. The van der Waals surface area contributed by atoms with Crippen molar-refractivity contribution in [3.05, 3.63) is 0 Å². The van der Waals surface area contributed by atoms with E-state index in [1.165, 1.54) is 0 Å². The summed E-state index contributed by atoms with van der Waals surface area (Å²) < 4.78 is 0. The fraction of sp³-hybridized carbons (Fsp3) is 0.923. The second-order valence-corrected chi connectivity index (χ2v) is 5.33. The molecule has 0 aromatic carbocycles. The minimum Gasteiger partial charge on any atom is -0.355 e. The molecule has 0 aliphatic heterocycles. The molecule has 0 unspecified atom stereocenters. The van der Waals surface area contributed by atoms with Gasteiger partial charge in [0, 0.05) is 19.6 Å². The predicted octanol–water partition coefficient (Wildman–Crippen LogP) is 2.13. The summed E-state index contributed by atoms with van der Waals surface area (Å²) >= 11 is 0. The van der Waals surface area contributed by atoms with Crippen LogP contribution in [0.3, 0.4) is 0 Å². The molecule has 96 valence electrons. The maximum atomic E-state index is 11.6. The average Bonchev–Trinajstić information content (AvgIpc) is 2.12. The molecular weight excluding hydrogens is 200 g/mol. The molecule has 0 bridgehead atoms. The molecule has 1 amide bonds. The number of carbonyl (C=O) groups is 1. The number of hydrogen-bond donors (Lipinski definition) is 1. The fourth-order valence-electron chi connectivity index (χ4n) is 1.76. The van der Waals surface area contributed by atoms with Gasteiger partial charge >= 0.3 is 0 Å². The lowest BCUT2D eigenvalue weighted by Crippen LogP contribution is -2.40. The highest BCUT2D eigenvalue weighted by Crippen LogP contribution is 2.03. The third-order valence-corrected chi connectivity index (χ3v) is 2.19. The molecule has 1 N–H and O–H groups in total. The monoisotopic (exact) mass is 228 g/mol. The maximum Gasteiger partial charge on any atom is 0.234 e. The Morgan fingerprint density at radius 2 is 1.62 bits per heavy atom. The van der Waals surface area contributed by atoms with Gasteiger partial charge < -0.3 is 5.32 Å². The van der Waals surface area contributed by atoms with Crippen molar-refractivity contribution in [2.75, 3.05) is 26.2 Å². The van der Waals surface area contributed by atoms with E-state index in [1.807, 2.05) is 0 Å². The van der Waals surface area contributed by atoms with E-state index in [2.05, 4.69) is 44.8 Å². The number of rotatable bonds is 8. The van der Waals surface area contributed by atoms with Crippen LogP contribution in [0.5, 0.6) is 0 Å².